The van der Waals surface area contributed by atoms with Gasteiger partial charge in [-0.05, 0) is 76.5 Å². The highest BCUT2D eigenvalue weighted by atomic mass is 16.5. The molecule has 2 amide bonds. The number of fused-ring (bicyclic) bond motifs is 1. The molecule has 5 rings (SSSR count). The first-order valence-corrected chi connectivity index (χ1v) is 14.4. The van der Waals surface area contributed by atoms with E-state index in [2.05, 4.69) is 22.7 Å². The Labute approximate surface area is 231 Å². The van der Waals surface area contributed by atoms with E-state index in [0.29, 0.717) is 45.9 Å². The predicted molar refractivity (Wildman–Crippen MR) is 155 cm³/mol. The van der Waals surface area contributed by atoms with Crippen LogP contribution in [0, 0.1) is 11.3 Å². The van der Waals surface area contributed by atoms with Gasteiger partial charge in [0.15, 0.2) is 0 Å². The molecule has 9 nitrogen and oxygen atoms in total. The van der Waals surface area contributed by atoms with Gasteiger partial charge in [0, 0.05) is 19.2 Å². The number of methoxy groups -OCH3 is 1. The van der Waals surface area contributed by atoms with Gasteiger partial charge in [-0.15, -0.1) is 0 Å². The Morgan fingerprint density at radius 1 is 1.15 bits per heavy atom. The highest BCUT2D eigenvalue weighted by molar-refractivity contribution is 6.00. The van der Waals surface area contributed by atoms with E-state index in [1.54, 1.807) is 30.3 Å². The van der Waals surface area contributed by atoms with Crippen LogP contribution in [0.15, 0.2) is 24.4 Å². The number of hydrogen-bond donors (Lipinski definition) is 2. The third kappa shape index (κ3) is 5.33. The van der Waals surface area contributed by atoms with Gasteiger partial charge < -0.3 is 20.3 Å². The quantitative estimate of drug-likeness (QED) is 0.483. The van der Waals surface area contributed by atoms with Crippen molar-refractivity contribution in [2.75, 3.05) is 44.5 Å². The number of hydrogen-bond acceptors (Lipinski definition) is 6. The highest BCUT2D eigenvalue weighted by Gasteiger charge is 2.51. The lowest BCUT2D eigenvalue weighted by Gasteiger charge is -2.41. The number of ether oxygens (including phenoxy) is 1. The lowest BCUT2D eigenvalue weighted by Crippen LogP contribution is -2.58. The SMILES string of the molecule is COc1cc(C(=O)NCC2CCCC2)ccc1Nc1ncc2c(n1)[N+](C)(C1CCCC1)CC(C)(C)C(=O)N2C. The van der Waals surface area contributed by atoms with Gasteiger partial charge in [-0.25, -0.2) is 4.98 Å². The second kappa shape index (κ2) is 10.8. The normalized spacial score (nSPS) is 23.4. The van der Waals surface area contributed by atoms with Gasteiger partial charge in [-0.2, -0.15) is 4.98 Å². The second-order valence-corrected chi connectivity index (χ2v) is 12.4. The van der Waals surface area contributed by atoms with Gasteiger partial charge in [0.1, 0.15) is 11.4 Å². The van der Waals surface area contributed by atoms with E-state index in [-0.39, 0.29) is 11.8 Å². The van der Waals surface area contributed by atoms with Gasteiger partial charge in [0.25, 0.3) is 11.7 Å². The summed E-state index contributed by atoms with van der Waals surface area (Å²) in [6.07, 6.45) is 11.3. The number of nitrogens with zero attached hydrogens (tertiary/aromatic N) is 4. The van der Waals surface area contributed by atoms with E-state index in [1.165, 1.54) is 38.5 Å². The van der Waals surface area contributed by atoms with Crippen molar-refractivity contribution in [2.24, 2.45) is 11.3 Å². The number of anilines is 3. The Bertz CT molecular complexity index is 1240. The van der Waals surface area contributed by atoms with Crippen molar-refractivity contribution in [3.05, 3.63) is 30.0 Å². The van der Waals surface area contributed by atoms with Crippen LogP contribution in [0.25, 0.3) is 0 Å². The fraction of sp³-hybridized carbons (Fsp3) is 0.600. The molecule has 0 spiro atoms. The minimum absolute atomic E-state index is 0.0800. The zero-order valence-electron chi connectivity index (χ0n) is 24.0. The average molecular weight is 536 g/mol. The number of carbonyl (C=O) groups is 2. The van der Waals surface area contributed by atoms with Gasteiger partial charge in [-0.3, -0.25) is 14.1 Å². The second-order valence-electron chi connectivity index (χ2n) is 12.4. The monoisotopic (exact) mass is 535 g/mol. The van der Waals surface area contributed by atoms with Crippen LogP contribution in [0.1, 0.15) is 75.6 Å². The van der Waals surface area contributed by atoms with Crippen LogP contribution >= 0.6 is 0 Å². The van der Waals surface area contributed by atoms with Crippen molar-refractivity contribution in [1.29, 1.82) is 0 Å². The highest BCUT2D eigenvalue weighted by Crippen LogP contribution is 2.44. The number of nitrogens with one attached hydrogen (secondary N) is 2. The summed E-state index contributed by atoms with van der Waals surface area (Å²) in [5, 5.41) is 6.40. The van der Waals surface area contributed by atoms with E-state index in [9.17, 15) is 9.59 Å². The molecule has 3 aliphatic rings. The number of amides is 2. The standard InChI is InChI=1S/C30H42N6O3/c1-30(2)19-36(4,22-12-8-9-13-22)26-24(35(3)28(30)38)18-32-29(34-26)33-23-15-14-21(16-25(23)39-5)27(37)31-17-20-10-6-7-11-20/h14-16,18,20,22H,6-13,17,19H2,1-5H3,(H-,31,32,33,34,37)/p+1. The molecule has 2 saturated carbocycles. The molecule has 2 aliphatic carbocycles. The molecule has 2 N–H and O–H groups in total. The van der Waals surface area contributed by atoms with Crippen LogP contribution in [-0.4, -0.2) is 62.1 Å². The van der Waals surface area contributed by atoms with E-state index in [0.717, 1.165) is 30.9 Å². The Morgan fingerprint density at radius 2 is 1.85 bits per heavy atom. The van der Waals surface area contributed by atoms with Crippen LogP contribution in [0.3, 0.4) is 0 Å². The Kier molecular flexibility index (Phi) is 7.55. The third-order valence-corrected chi connectivity index (χ3v) is 9.07. The van der Waals surface area contributed by atoms with Crippen molar-refractivity contribution < 1.29 is 14.3 Å². The fourth-order valence-corrected chi connectivity index (χ4v) is 6.95. The zero-order chi connectivity index (χ0) is 27.8. The van der Waals surface area contributed by atoms with Crippen LogP contribution in [-0.2, 0) is 4.79 Å². The summed E-state index contributed by atoms with van der Waals surface area (Å²) >= 11 is 0. The minimum atomic E-state index is -0.530. The summed E-state index contributed by atoms with van der Waals surface area (Å²) in [5.41, 5.74) is 1.47. The summed E-state index contributed by atoms with van der Waals surface area (Å²) in [6.45, 7) is 5.46. The topological polar surface area (TPSA) is 96.5 Å². The van der Waals surface area contributed by atoms with Crippen molar-refractivity contribution in [3.8, 4) is 5.75 Å². The minimum Gasteiger partial charge on any atom is -0.495 e. The summed E-state index contributed by atoms with van der Waals surface area (Å²) in [5.74, 6) is 2.42. The van der Waals surface area contributed by atoms with E-state index in [4.69, 9.17) is 9.72 Å². The molecule has 1 unspecified atom stereocenters. The lowest BCUT2D eigenvalue weighted by atomic mass is 9.89. The van der Waals surface area contributed by atoms with Gasteiger partial charge in [0.2, 0.25) is 11.9 Å². The average Bonchev–Trinajstić information content (AvgIpc) is 3.65. The Hall–Kier alpha value is -3.20. The Balaban J connectivity index is 1.43. The van der Waals surface area contributed by atoms with Crippen molar-refractivity contribution in [1.82, 2.24) is 19.8 Å². The maximum Gasteiger partial charge on any atom is 0.256 e. The first kappa shape index (κ1) is 27.4. The maximum absolute atomic E-state index is 13.4. The smallest absolute Gasteiger partial charge is 0.256 e. The number of aromatic nitrogens is 2. The summed E-state index contributed by atoms with van der Waals surface area (Å²) in [4.78, 5) is 37.6. The largest absolute Gasteiger partial charge is 0.495 e. The van der Waals surface area contributed by atoms with E-state index < -0.39 is 5.41 Å². The van der Waals surface area contributed by atoms with Gasteiger partial charge >= 0.3 is 0 Å². The molecular formula is C30H43N6O3+. The fourth-order valence-electron chi connectivity index (χ4n) is 6.95. The van der Waals surface area contributed by atoms with Crippen molar-refractivity contribution >= 4 is 35.0 Å². The van der Waals surface area contributed by atoms with Gasteiger partial charge in [-0.1, -0.05) is 12.8 Å². The van der Waals surface area contributed by atoms with Crippen LogP contribution in [0.4, 0.5) is 23.1 Å². The third-order valence-electron chi connectivity index (χ3n) is 9.07. The molecule has 0 radical (unpaired) electrons. The van der Waals surface area contributed by atoms with Crippen LogP contribution < -0.4 is 24.8 Å². The molecule has 1 aliphatic heterocycles. The molecule has 9 heteroatoms. The zero-order valence-corrected chi connectivity index (χ0v) is 24.0. The summed E-state index contributed by atoms with van der Waals surface area (Å²) < 4.78 is 6.25. The molecule has 0 bridgehead atoms. The Morgan fingerprint density at radius 3 is 2.54 bits per heavy atom. The molecule has 2 aromatic rings. The number of benzene rings is 1. The lowest BCUT2D eigenvalue weighted by molar-refractivity contribution is -0.126. The van der Waals surface area contributed by atoms with Crippen LogP contribution in [0.2, 0.25) is 0 Å². The molecule has 1 aromatic heterocycles. The molecule has 0 saturated heterocycles. The summed E-state index contributed by atoms with van der Waals surface area (Å²) in [7, 11) is 5.64. The summed E-state index contributed by atoms with van der Waals surface area (Å²) in [6, 6.07) is 5.79. The molecule has 1 aromatic carbocycles. The van der Waals surface area contributed by atoms with E-state index >= 15 is 0 Å². The first-order chi connectivity index (χ1) is 18.6. The van der Waals surface area contributed by atoms with Crippen molar-refractivity contribution in [2.45, 2.75) is 71.3 Å². The first-order valence-electron chi connectivity index (χ1n) is 14.4. The van der Waals surface area contributed by atoms with Crippen LogP contribution in [0.5, 0.6) is 5.75 Å². The number of carbonyl (C=O) groups excluding carboxylic acids is 2. The van der Waals surface area contributed by atoms with Gasteiger partial charge in [0.05, 0.1) is 44.0 Å². The number of rotatable bonds is 7. The molecule has 39 heavy (non-hydrogen) atoms. The molecule has 2 fully saturated rings. The molecule has 210 valence electrons. The number of quaternary nitrogens is 1. The predicted octanol–water partition coefficient (Wildman–Crippen LogP) is 5.03. The molecule has 2 heterocycles. The molecular weight excluding hydrogens is 492 g/mol. The van der Waals surface area contributed by atoms with Crippen molar-refractivity contribution in [3.63, 3.8) is 0 Å². The maximum atomic E-state index is 13.4. The molecule has 1 atom stereocenters. The van der Waals surface area contributed by atoms with E-state index in [1.807, 2.05) is 27.0 Å².